The summed E-state index contributed by atoms with van der Waals surface area (Å²) in [6, 6.07) is 7.64. The highest BCUT2D eigenvalue weighted by atomic mass is 16.6. The fraction of sp³-hybridized carbons (Fsp3) is 0.438. The van der Waals surface area contributed by atoms with Crippen molar-refractivity contribution in [3.8, 4) is 0 Å². The molecule has 0 saturated carbocycles. The first-order valence-corrected chi connectivity index (χ1v) is 7.62. The predicted octanol–water partition coefficient (Wildman–Crippen LogP) is 2.58. The number of pyridine rings is 1. The van der Waals surface area contributed by atoms with E-state index in [9.17, 15) is 10.1 Å². The van der Waals surface area contributed by atoms with E-state index in [1.807, 2.05) is 31.3 Å². The van der Waals surface area contributed by atoms with Crippen molar-refractivity contribution in [2.24, 2.45) is 5.92 Å². The third kappa shape index (κ3) is 2.74. The molecule has 2 aromatic rings. The molecule has 0 spiro atoms. The van der Waals surface area contributed by atoms with E-state index in [1.54, 1.807) is 0 Å². The first-order chi connectivity index (χ1) is 10.7. The molecule has 0 aliphatic carbocycles. The van der Waals surface area contributed by atoms with Gasteiger partial charge in [0.15, 0.2) is 0 Å². The quantitative estimate of drug-likeness (QED) is 0.694. The van der Waals surface area contributed by atoms with Crippen LogP contribution in [0.4, 0.5) is 11.4 Å². The van der Waals surface area contributed by atoms with Gasteiger partial charge in [-0.05, 0) is 38.4 Å². The molecule has 1 aliphatic rings. The number of nitro groups is 1. The van der Waals surface area contributed by atoms with E-state index >= 15 is 0 Å². The normalized spacial score (nSPS) is 18.6. The second-order valence-corrected chi connectivity index (χ2v) is 5.78. The van der Waals surface area contributed by atoms with Gasteiger partial charge in [0.25, 0.3) is 0 Å². The summed E-state index contributed by atoms with van der Waals surface area (Å²) in [7, 11) is 1.95. The highest BCUT2D eigenvalue weighted by molar-refractivity contribution is 5.96. The Morgan fingerprint density at radius 3 is 3.05 bits per heavy atom. The molecule has 1 saturated heterocycles. The van der Waals surface area contributed by atoms with Crippen molar-refractivity contribution in [3.05, 3.63) is 40.6 Å². The highest BCUT2D eigenvalue weighted by Gasteiger charge is 2.27. The van der Waals surface area contributed by atoms with Crippen molar-refractivity contribution < 1.29 is 4.92 Å². The highest BCUT2D eigenvalue weighted by Crippen LogP contribution is 2.36. The minimum atomic E-state index is -0.323. The van der Waals surface area contributed by atoms with Crippen LogP contribution in [0.3, 0.4) is 0 Å². The van der Waals surface area contributed by atoms with Gasteiger partial charge in [0, 0.05) is 18.5 Å². The largest absolute Gasteiger partial charge is 0.365 e. The van der Waals surface area contributed by atoms with E-state index < -0.39 is 0 Å². The van der Waals surface area contributed by atoms with Crippen LogP contribution in [-0.2, 0) is 0 Å². The average Bonchev–Trinajstić information content (AvgIpc) is 2.54. The topological polar surface area (TPSA) is 71.3 Å². The van der Waals surface area contributed by atoms with Gasteiger partial charge >= 0.3 is 5.69 Å². The number of piperidine rings is 1. The van der Waals surface area contributed by atoms with Crippen LogP contribution in [0, 0.1) is 16.0 Å². The molecule has 6 heteroatoms. The van der Waals surface area contributed by atoms with Crippen LogP contribution in [0.2, 0.25) is 0 Å². The Kier molecular flexibility index (Phi) is 4.20. The number of benzene rings is 1. The number of anilines is 1. The van der Waals surface area contributed by atoms with Gasteiger partial charge in [-0.25, -0.2) is 4.98 Å². The Balaban J connectivity index is 2.07. The van der Waals surface area contributed by atoms with Crippen molar-refractivity contribution in [1.82, 2.24) is 10.3 Å². The van der Waals surface area contributed by atoms with E-state index in [0.29, 0.717) is 5.92 Å². The van der Waals surface area contributed by atoms with Gasteiger partial charge < -0.3 is 10.2 Å². The third-order valence-corrected chi connectivity index (χ3v) is 4.25. The van der Waals surface area contributed by atoms with Gasteiger partial charge in [-0.3, -0.25) is 10.1 Å². The number of hydrogen-bond donors (Lipinski definition) is 1. The number of hydrogen-bond acceptors (Lipinski definition) is 5. The predicted molar refractivity (Wildman–Crippen MR) is 87.3 cm³/mol. The molecule has 1 aromatic carbocycles. The Labute approximate surface area is 129 Å². The molecule has 0 radical (unpaired) electrons. The Hall–Kier alpha value is -2.21. The molecule has 1 aliphatic heterocycles. The van der Waals surface area contributed by atoms with Gasteiger partial charge in [-0.2, -0.15) is 0 Å². The number of aromatic nitrogens is 1. The van der Waals surface area contributed by atoms with Gasteiger partial charge in [0.05, 0.1) is 10.4 Å². The second-order valence-electron chi connectivity index (χ2n) is 5.78. The summed E-state index contributed by atoms with van der Waals surface area (Å²) in [5.41, 5.74) is 1.62. The summed E-state index contributed by atoms with van der Waals surface area (Å²) < 4.78 is 0. The van der Waals surface area contributed by atoms with E-state index in [-0.39, 0.29) is 10.6 Å². The van der Waals surface area contributed by atoms with Crippen LogP contribution in [-0.4, -0.2) is 36.6 Å². The standard InChI is InChI=1S/C16H20N4O2/c1-17-9-12-5-4-8-19(11-12)16-13-6-2-3-7-14(13)18-10-15(16)20(21)22/h2-3,6-7,10,12,17H,4-5,8-9,11H2,1H3. The fourth-order valence-corrected chi connectivity index (χ4v) is 3.31. The molecule has 0 amide bonds. The maximum absolute atomic E-state index is 11.4. The summed E-state index contributed by atoms with van der Waals surface area (Å²) >= 11 is 0. The number of nitrogens with one attached hydrogen (secondary N) is 1. The zero-order chi connectivity index (χ0) is 15.5. The fourth-order valence-electron chi connectivity index (χ4n) is 3.31. The Morgan fingerprint density at radius 1 is 1.45 bits per heavy atom. The molecule has 6 nitrogen and oxygen atoms in total. The summed E-state index contributed by atoms with van der Waals surface area (Å²) in [6.07, 6.45) is 3.60. The molecule has 0 bridgehead atoms. The molecule has 1 atom stereocenters. The molecule has 3 rings (SSSR count). The molecule has 1 N–H and O–H groups in total. The number of rotatable bonds is 4. The molecule has 2 heterocycles. The van der Waals surface area contributed by atoms with Crippen LogP contribution >= 0.6 is 0 Å². The van der Waals surface area contributed by atoms with E-state index in [0.717, 1.165) is 49.1 Å². The zero-order valence-corrected chi connectivity index (χ0v) is 12.7. The lowest BCUT2D eigenvalue weighted by atomic mass is 9.97. The Morgan fingerprint density at radius 2 is 2.27 bits per heavy atom. The van der Waals surface area contributed by atoms with Crippen molar-refractivity contribution in [1.29, 1.82) is 0 Å². The lowest BCUT2D eigenvalue weighted by Crippen LogP contribution is -2.39. The average molecular weight is 300 g/mol. The third-order valence-electron chi connectivity index (χ3n) is 4.25. The van der Waals surface area contributed by atoms with Crippen LogP contribution in [0.15, 0.2) is 30.5 Å². The van der Waals surface area contributed by atoms with Crippen molar-refractivity contribution in [3.63, 3.8) is 0 Å². The smallest absolute Gasteiger partial charge is 0.311 e. The van der Waals surface area contributed by atoms with Gasteiger partial charge in [0.2, 0.25) is 0 Å². The van der Waals surface area contributed by atoms with Crippen molar-refractivity contribution >= 4 is 22.3 Å². The van der Waals surface area contributed by atoms with Crippen molar-refractivity contribution in [2.45, 2.75) is 12.8 Å². The maximum atomic E-state index is 11.4. The van der Waals surface area contributed by atoms with E-state index in [2.05, 4.69) is 15.2 Å². The molecular formula is C16H20N4O2. The molecule has 1 unspecified atom stereocenters. The van der Waals surface area contributed by atoms with Crippen LogP contribution < -0.4 is 10.2 Å². The maximum Gasteiger partial charge on any atom is 0.311 e. The van der Waals surface area contributed by atoms with E-state index in [1.165, 1.54) is 6.20 Å². The van der Waals surface area contributed by atoms with Crippen LogP contribution in [0.5, 0.6) is 0 Å². The Bertz CT molecular complexity index is 687. The monoisotopic (exact) mass is 300 g/mol. The van der Waals surface area contributed by atoms with Crippen LogP contribution in [0.1, 0.15) is 12.8 Å². The van der Waals surface area contributed by atoms with Gasteiger partial charge in [-0.15, -0.1) is 0 Å². The number of nitrogens with zero attached hydrogens (tertiary/aromatic N) is 3. The van der Waals surface area contributed by atoms with Crippen molar-refractivity contribution in [2.75, 3.05) is 31.6 Å². The second kappa shape index (κ2) is 6.27. The lowest BCUT2D eigenvalue weighted by Gasteiger charge is -2.34. The summed E-state index contributed by atoms with van der Waals surface area (Å²) in [5.74, 6) is 0.519. The minimum absolute atomic E-state index is 0.101. The van der Waals surface area contributed by atoms with Gasteiger partial charge in [0.1, 0.15) is 11.9 Å². The molecule has 116 valence electrons. The summed E-state index contributed by atoms with van der Waals surface area (Å²) in [4.78, 5) is 17.5. The first kappa shape index (κ1) is 14.7. The summed E-state index contributed by atoms with van der Waals surface area (Å²) in [6.45, 7) is 2.64. The lowest BCUT2D eigenvalue weighted by molar-refractivity contribution is -0.384. The van der Waals surface area contributed by atoms with Gasteiger partial charge in [-0.1, -0.05) is 18.2 Å². The molecular weight excluding hydrogens is 280 g/mol. The number of para-hydroxylation sites is 1. The minimum Gasteiger partial charge on any atom is -0.365 e. The summed E-state index contributed by atoms with van der Waals surface area (Å²) in [5, 5.41) is 15.5. The first-order valence-electron chi connectivity index (χ1n) is 7.62. The molecule has 1 fully saturated rings. The molecule has 22 heavy (non-hydrogen) atoms. The van der Waals surface area contributed by atoms with Crippen LogP contribution in [0.25, 0.3) is 10.9 Å². The zero-order valence-electron chi connectivity index (χ0n) is 12.7. The van der Waals surface area contributed by atoms with E-state index in [4.69, 9.17) is 0 Å². The number of fused-ring (bicyclic) bond motifs is 1. The molecule has 1 aromatic heterocycles. The SMILES string of the molecule is CNCC1CCCN(c2c([N+](=O)[O-])cnc3ccccc23)C1.